The molecule has 0 aliphatic heterocycles. The first-order chi connectivity index (χ1) is 9.07. The molecule has 0 heterocycles. The maximum atomic E-state index is 10.6. The van der Waals surface area contributed by atoms with Crippen LogP contribution in [0.4, 0.5) is 0 Å². The highest BCUT2D eigenvalue weighted by atomic mass is 32.2. The molecular weight excluding hydrogens is 264 g/mol. The van der Waals surface area contributed by atoms with Crippen LogP contribution in [0.1, 0.15) is 71.6 Å². The summed E-state index contributed by atoms with van der Waals surface area (Å²) in [6.45, 7) is 15.2. The van der Waals surface area contributed by atoms with Crippen molar-refractivity contribution < 1.29 is 5.11 Å². The zero-order valence-electron chi connectivity index (χ0n) is 14.1. The smallest absolute Gasteiger partial charge is 0.123 e. The van der Waals surface area contributed by atoms with Crippen molar-refractivity contribution in [2.45, 2.75) is 71.5 Å². The van der Waals surface area contributed by atoms with Gasteiger partial charge in [-0.3, -0.25) is 0 Å². The molecule has 0 saturated heterocycles. The third kappa shape index (κ3) is 4.44. The number of thioether (sulfide) groups is 1. The maximum absolute atomic E-state index is 10.6. The van der Waals surface area contributed by atoms with Crippen LogP contribution in [-0.2, 0) is 16.6 Å². The highest BCUT2D eigenvalue weighted by Gasteiger charge is 2.26. The van der Waals surface area contributed by atoms with Crippen molar-refractivity contribution in [1.82, 2.24) is 0 Å². The highest BCUT2D eigenvalue weighted by molar-refractivity contribution is 7.98. The van der Waals surface area contributed by atoms with E-state index >= 15 is 0 Å². The van der Waals surface area contributed by atoms with Gasteiger partial charge in [-0.2, -0.15) is 11.8 Å². The van der Waals surface area contributed by atoms with E-state index < -0.39 is 0 Å². The Bertz CT molecular complexity index is 414. The Kier molecular flexibility index (Phi) is 5.60. The molecule has 0 fully saturated rings. The van der Waals surface area contributed by atoms with Crippen molar-refractivity contribution in [3.63, 3.8) is 0 Å². The maximum Gasteiger partial charge on any atom is 0.123 e. The Morgan fingerprint density at radius 2 is 1.40 bits per heavy atom. The van der Waals surface area contributed by atoms with Crippen LogP contribution in [0.15, 0.2) is 12.1 Å². The number of aromatic hydroxyl groups is 1. The van der Waals surface area contributed by atoms with E-state index in [1.807, 2.05) is 11.8 Å². The van der Waals surface area contributed by atoms with Gasteiger partial charge in [-0.1, -0.05) is 60.6 Å². The molecule has 1 nitrogen and oxygen atoms in total. The van der Waals surface area contributed by atoms with Crippen LogP contribution in [0.2, 0.25) is 0 Å². The molecule has 0 aliphatic rings. The Morgan fingerprint density at radius 3 is 1.75 bits per heavy atom. The summed E-state index contributed by atoms with van der Waals surface area (Å²) in [5.41, 5.74) is 3.40. The topological polar surface area (TPSA) is 20.2 Å². The molecule has 0 bridgehead atoms. The van der Waals surface area contributed by atoms with Gasteiger partial charge in [0.05, 0.1) is 0 Å². The molecule has 0 unspecified atom stereocenters. The summed E-state index contributed by atoms with van der Waals surface area (Å²) in [6, 6.07) is 4.38. The van der Waals surface area contributed by atoms with Crippen LogP contribution < -0.4 is 0 Å². The summed E-state index contributed by atoms with van der Waals surface area (Å²) in [5, 5.41) is 10.6. The van der Waals surface area contributed by atoms with E-state index in [-0.39, 0.29) is 10.8 Å². The van der Waals surface area contributed by atoms with Crippen LogP contribution in [0.3, 0.4) is 0 Å². The largest absolute Gasteiger partial charge is 0.507 e. The second kappa shape index (κ2) is 6.43. The van der Waals surface area contributed by atoms with E-state index in [1.54, 1.807) is 0 Å². The fourth-order valence-corrected chi connectivity index (χ4v) is 3.09. The van der Waals surface area contributed by atoms with Gasteiger partial charge in [-0.15, -0.1) is 0 Å². The van der Waals surface area contributed by atoms with Gasteiger partial charge >= 0.3 is 0 Å². The fourth-order valence-electron chi connectivity index (χ4n) is 2.26. The SMILES string of the molecule is CCCSCc1cc(C(C)(C)C)c(O)c(C(C)(C)C)c1. The molecule has 114 valence electrons. The monoisotopic (exact) mass is 294 g/mol. The van der Waals surface area contributed by atoms with E-state index in [9.17, 15) is 5.11 Å². The number of hydrogen-bond acceptors (Lipinski definition) is 2. The van der Waals surface area contributed by atoms with Gasteiger partial charge in [0.25, 0.3) is 0 Å². The van der Waals surface area contributed by atoms with Crippen LogP contribution in [-0.4, -0.2) is 10.9 Å². The molecule has 0 radical (unpaired) electrons. The third-order valence-electron chi connectivity index (χ3n) is 3.40. The van der Waals surface area contributed by atoms with Gasteiger partial charge in [-0.05, 0) is 39.7 Å². The zero-order chi connectivity index (χ0) is 15.6. The lowest BCUT2D eigenvalue weighted by atomic mass is 9.78. The lowest BCUT2D eigenvalue weighted by Gasteiger charge is -2.28. The first kappa shape index (κ1) is 17.4. The third-order valence-corrected chi connectivity index (χ3v) is 4.64. The minimum atomic E-state index is -0.0322. The molecule has 2 heteroatoms. The van der Waals surface area contributed by atoms with Crippen molar-refractivity contribution in [2.24, 2.45) is 0 Å². The van der Waals surface area contributed by atoms with Crippen LogP contribution in [0, 0.1) is 0 Å². The summed E-state index contributed by atoms with van der Waals surface area (Å²) in [6.07, 6.45) is 1.21. The van der Waals surface area contributed by atoms with Gasteiger partial charge in [0, 0.05) is 5.75 Å². The molecule has 0 amide bonds. The van der Waals surface area contributed by atoms with Crippen molar-refractivity contribution >= 4 is 11.8 Å². The molecule has 0 aliphatic carbocycles. The Hall–Kier alpha value is -0.630. The summed E-state index contributed by atoms with van der Waals surface area (Å²) in [5.74, 6) is 2.70. The quantitative estimate of drug-likeness (QED) is 0.726. The average molecular weight is 295 g/mol. The number of benzene rings is 1. The molecular formula is C18H30OS. The lowest BCUT2D eigenvalue weighted by molar-refractivity contribution is 0.423. The zero-order valence-corrected chi connectivity index (χ0v) is 14.9. The van der Waals surface area contributed by atoms with Crippen molar-refractivity contribution in [3.8, 4) is 5.75 Å². The van der Waals surface area contributed by atoms with Gasteiger partial charge in [0.1, 0.15) is 5.75 Å². The minimum absolute atomic E-state index is 0.0322. The van der Waals surface area contributed by atoms with Gasteiger partial charge in [0.15, 0.2) is 0 Å². The predicted octanol–water partition coefficient (Wildman–Crippen LogP) is 5.63. The van der Waals surface area contributed by atoms with E-state index in [4.69, 9.17) is 0 Å². The van der Waals surface area contributed by atoms with Crippen LogP contribution >= 0.6 is 11.8 Å². The summed E-state index contributed by atoms with van der Waals surface area (Å²) >= 11 is 1.97. The van der Waals surface area contributed by atoms with E-state index in [2.05, 4.69) is 60.6 Å². The summed E-state index contributed by atoms with van der Waals surface area (Å²) < 4.78 is 0. The van der Waals surface area contributed by atoms with Gasteiger partial charge < -0.3 is 5.11 Å². The average Bonchev–Trinajstić information content (AvgIpc) is 2.28. The van der Waals surface area contributed by atoms with Crippen LogP contribution in [0.5, 0.6) is 5.75 Å². The minimum Gasteiger partial charge on any atom is -0.507 e. The summed E-state index contributed by atoms with van der Waals surface area (Å²) in [4.78, 5) is 0. The van der Waals surface area contributed by atoms with Crippen molar-refractivity contribution in [3.05, 3.63) is 28.8 Å². The van der Waals surface area contributed by atoms with E-state index in [0.717, 1.165) is 16.9 Å². The van der Waals surface area contributed by atoms with E-state index in [0.29, 0.717) is 5.75 Å². The Morgan fingerprint density at radius 1 is 0.950 bits per heavy atom. The van der Waals surface area contributed by atoms with E-state index in [1.165, 1.54) is 17.7 Å². The highest BCUT2D eigenvalue weighted by Crippen LogP contribution is 2.40. The Balaban J connectivity index is 3.28. The fraction of sp³-hybridized carbons (Fsp3) is 0.667. The molecule has 0 atom stereocenters. The van der Waals surface area contributed by atoms with Gasteiger partial charge in [-0.25, -0.2) is 0 Å². The molecule has 1 rings (SSSR count). The molecule has 0 aromatic heterocycles. The number of phenolic OH excluding ortho intramolecular Hbond substituents is 1. The standard InChI is InChI=1S/C18H30OS/c1-8-9-20-12-13-10-14(17(2,3)4)16(19)15(11-13)18(5,6)7/h10-11,19H,8-9,12H2,1-7H3. The number of rotatable bonds is 4. The van der Waals surface area contributed by atoms with Crippen LogP contribution in [0.25, 0.3) is 0 Å². The molecule has 0 spiro atoms. The first-order valence-corrected chi connectivity index (χ1v) is 8.67. The van der Waals surface area contributed by atoms with Gasteiger partial charge in [0.2, 0.25) is 0 Å². The second-order valence-corrected chi connectivity index (χ2v) is 8.70. The normalized spacial score (nSPS) is 12.8. The second-order valence-electron chi connectivity index (χ2n) is 7.59. The summed E-state index contributed by atoms with van der Waals surface area (Å²) in [7, 11) is 0. The first-order valence-electron chi connectivity index (χ1n) is 7.52. The molecule has 1 aromatic carbocycles. The predicted molar refractivity (Wildman–Crippen MR) is 92.0 cm³/mol. The number of hydrogen-bond donors (Lipinski definition) is 1. The molecule has 0 saturated carbocycles. The van der Waals surface area contributed by atoms with Crippen molar-refractivity contribution in [1.29, 1.82) is 0 Å². The molecule has 20 heavy (non-hydrogen) atoms. The molecule has 1 N–H and O–H groups in total. The number of phenols is 1. The molecule has 1 aromatic rings. The van der Waals surface area contributed by atoms with Crippen molar-refractivity contribution in [2.75, 3.05) is 5.75 Å². The lowest BCUT2D eigenvalue weighted by Crippen LogP contribution is -2.17. The Labute approximate surface area is 129 Å².